The number of rotatable bonds is 0. The maximum Gasteiger partial charge on any atom is 0.221 e. The molecule has 3 unspecified atom stereocenters. The fraction of sp³-hybridized carbons (Fsp3) is 0.929. The molecule has 1 N–H and O–H groups in total. The van der Waals surface area contributed by atoms with E-state index < -0.39 is 0 Å². The second kappa shape index (κ2) is 3.24. The highest BCUT2D eigenvalue weighted by atomic mass is 16.2. The van der Waals surface area contributed by atoms with Crippen molar-refractivity contribution in [1.29, 1.82) is 0 Å². The molecule has 16 heavy (non-hydrogen) atoms. The average molecular weight is 221 g/mol. The summed E-state index contributed by atoms with van der Waals surface area (Å²) in [6.07, 6.45) is 8.51. The molecule has 1 aliphatic heterocycles. The quantitative estimate of drug-likeness (QED) is 0.669. The third kappa shape index (κ3) is 1.11. The van der Waals surface area contributed by atoms with Crippen molar-refractivity contribution >= 4 is 5.91 Å². The van der Waals surface area contributed by atoms with Crippen LogP contribution < -0.4 is 5.32 Å². The van der Waals surface area contributed by atoms with E-state index in [1.165, 1.54) is 38.5 Å². The Labute approximate surface area is 98.2 Å². The molecular formula is C14H23NO. The summed E-state index contributed by atoms with van der Waals surface area (Å²) < 4.78 is 0. The molecule has 2 aliphatic carbocycles. The first-order valence-corrected chi connectivity index (χ1v) is 6.91. The van der Waals surface area contributed by atoms with Gasteiger partial charge < -0.3 is 5.32 Å². The number of amides is 1. The van der Waals surface area contributed by atoms with Crippen LogP contribution in [-0.4, -0.2) is 11.4 Å². The zero-order valence-corrected chi connectivity index (χ0v) is 10.5. The molecular weight excluding hydrogens is 198 g/mol. The van der Waals surface area contributed by atoms with Crippen molar-refractivity contribution in [3.8, 4) is 0 Å². The Kier molecular flexibility index (Phi) is 2.15. The van der Waals surface area contributed by atoms with Gasteiger partial charge in [0.15, 0.2) is 0 Å². The van der Waals surface area contributed by atoms with Crippen molar-refractivity contribution in [3.05, 3.63) is 0 Å². The van der Waals surface area contributed by atoms with E-state index >= 15 is 0 Å². The molecule has 0 bridgehead atoms. The Morgan fingerprint density at radius 3 is 2.44 bits per heavy atom. The van der Waals surface area contributed by atoms with Gasteiger partial charge in [0.2, 0.25) is 5.91 Å². The Bertz CT molecular complexity index is 305. The first-order valence-electron chi connectivity index (χ1n) is 6.91. The summed E-state index contributed by atoms with van der Waals surface area (Å²) in [6, 6.07) is 0. The minimum absolute atomic E-state index is 0.189. The number of hydrogen-bond donors (Lipinski definition) is 1. The van der Waals surface area contributed by atoms with Crippen LogP contribution in [0.1, 0.15) is 58.8 Å². The molecule has 2 nitrogen and oxygen atoms in total. The lowest BCUT2D eigenvalue weighted by Gasteiger charge is -2.60. The first kappa shape index (κ1) is 10.6. The number of carbonyl (C=O) groups excluding carboxylic acids is 1. The van der Waals surface area contributed by atoms with Crippen LogP contribution >= 0.6 is 0 Å². The molecule has 0 aromatic heterocycles. The summed E-state index contributed by atoms with van der Waals surface area (Å²) in [7, 11) is 0. The molecule has 3 atom stereocenters. The number of fused-ring (bicyclic) bond motifs is 1. The summed E-state index contributed by atoms with van der Waals surface area (Å²) in [5.74, 6) is 1.86. The van der Waals surface area contributed by atoms with Gasteiger partial charge in [0.25, 0.3) is 0 Å². The lowest BCUT2D eigenvalue weighted by molar-refractivity contribution is -0.121. The van der Waals surface area contributed by atoms with Crippen LogP contribution in [0, 0.1) is 17.3 Å². The standard InChI is InChI=1S/C14H23NO/c1-10-8-13(11(10)2)9-12(16)15-14(13)6-4-3-5-7-14/h10-11H,3-9H2,1-2H3,(H,15,16). The summed E-state index contributed by atoms with van der Waals surface area (Å²) in [5.41, 5.74) is 0.512. The van der Waals surface area contributed by atoms with Crippen LogP contribution in [0.2, 0.25) is 0 Å². The topological polar surface area (TPSA) is 29.1 Å². The highest BCUT2D eigenvalue weighted by Crippen LogP contribution is 2.64. The molecule has 2 spiro atoms. The Hall–Kier alpha value is -0.530. The van der Waals surface area contributed by atoms with Crippen LogP contribution in [0.4, 0.5) is 0 Å². The van der Waals surface area contributed by atoms with E-state index in [1.807, 2.05) is 0 Å². The zero-order valence-electron chi connectivity index (χ0n) is 10.5. The molecule has 1 amide bonds. The van der Waals surface area contributed by atoms with E-state index in [9.17, 15) is 4.79 Å². The van der Waals surface area contributed by atoms with Gasteiger partial charge in [0.05, 0.1) is 0 Å². The lowest BCUT2D eigenvalue weighted by Crippen LogP contribution is -2.62. The predicted octanol–water partition coefficient (Wildman–Crippen LogP) is 2.87. The van der Waals surface area contributed by atoms with E-state index in [2.05, 4.69) is 19.2 Å². The maximum absolute atomic E-state index is 11.9. The molecule has 1 heterocycles. The van der Waals surface area contributed by atoms with Crippen molar-refractivity contribution in [1.82, 2.24) is 5.32 Å². The fourth-order valence-electron chi connectivity index (χ4n) is 4.86. The van der Waals surface area contributed by atoms with Gasteiger partial charge in [-0.2, -0.15) is 0 Å². The summed E-state index contributed by atoms with van der Waals surface area (Å²) in [5, 5.41) is 3.37. The predicted molar refractivity (Wildman–Crippen MR) is 64.0 cm³/mol. The molecule has 0 aromatic carbocycles. The van der Waals surface area contributed by atoms with Crippen molar-refractivity contribution < 1.29 is 4.79 Å². The molecule has 3 fully saturated rings. The van der Waals surface area contributed by atoms with Crippen molar-refractivity contribution in [3.63, 3.8) is 0 Å². The second-order valence-electron chi connectivity index (χ2n) is 6.49. The average Bonchev–Trinajstić information content (AvgIpc) is 2.54. The molecule has 2 heteroatoms. The normalized spacial score (nSPS) is 45.8. The molecule has 2 saturated carbocycles. The van der Waals surface area contributed by atoms with Gasteiger partial charge in [0.1, 0.15) is 0 Å². The van der Waals surface area contributed by atoms with E-state index in [0.717, 1.165) is 18.3 Å². The number of nitrogens with one attached hydrogen (secondary N) is 1. The zero-order chi connectivity index (χ0) is 11.4. The smallest absolute Gasteiger partial charge is 0.221 e. The minimum atomic E-state index is 0.189. The van der Waals surface area contributed by atoms with Gasteiger partial charge in [-0.3, -0.25) is 4.79 Å². The van der Waals surface area contributed by atoms with Crippen molar-refractivity contribution in [2.24, 2.45) is 17.3 Å². The van der Waals surface area contributed by atoms with Crippen LogP contribution in [0.5, 0.6) is 0 Å². The van der Waals surface area contributed by atoms with Crippen LogP contribution in [-0.2, 0) is 4.79 Å². The fourth-order valence-corrected chi connectivity index (χ4v) is 4.86. The van der Waals surface area contributed by atoms with Gasteiger partial charge in [-0.1, -0.05) is 33.1 Å². The second-order valence-corrected chi connectivity index (χ2v) is 6.49. The van der Waals surface area contributed by atoms with Gasteiger partial charge in [-0.25, -0.2) is 0 Å². The summed E-state index contributed by atoms with van der Waals surface area (Å²) >= 11 is 0. The molecule has 0 radical (unpaired) electrons. The van der Waals surface area contributed by atoms with Crippen LogP contribution in [0.15, 0.2) is 0 Å². The van der Waals surface area contributed by atoms with Gasteiger partial charge >= 0.3 is 0 Å². The molecule has 0 aromatic rings. The van der Waals surface area contributed by atoms with Crippen molar-refractivity contribution in [2.75, 3.05) is 0 Å². The summed E-state index contributed by atoms with van der Waals surface area (Å²) in [4.78, 5) is 11.9. The SMILES string of the molecule is CC1CC2(CC(=O)NC23CCCCC3)C1C. The third-order valence-corrected chi connectivity index (χ3v) is 5.93. The summed E-state index contributed by atoms with van der Waals surface area (Å²) in [6.45, 7) is 4.71. The highest BCUT2D eigenvalue weighted by molar-refractivity contribution is 5.81. The number of hydrogen-bond acceptors (Lipinski definition) is 1. The lowest BCUT2D eigenvalue weighted by atomic mass is 9.45. The van der Waals surface area contributed by atoms with Crippen molar-refractivity contribution in [2.45, 2.75) is 64.3 Å². The first-order chi connectivity index (χ1) is 7.60. The van der Waals surface area contributed by atoms with Crippen LogP contribution in [0.3, 0.4) is 0 Å². The molecule has 90 valence electrons. The van der Waals surface area contributed by atoms with Crippen LogP contribution in [0.25, 0.3) is 0 Å². The van der Waals surface area contributed by atoms with E-state index in [-0.39, 0.29) is 5.54 Å². The molecule has 3 rings (SSSR count). The van der Waals surface area contributed by atoms with Gasteiger partial charge in [-0.05, 0) is 31.1 Å². The monoisotopic (exact) mass is 221 g/mol. The number of carbonyl (C=O) groups is 1. The van der Waals surface area contributed by atoms with E-state index in [0.29, 0.717) is 11.3 Å². The van der Waals surface area contributed by atoms with E-state index in [4.69, 9.17) is 0 Å². The third-order valence-electron chi connectivity index (χ3n) is 5.93. The van der Waals surface area contributed by atoms with E-state index in [1.54, 1.807) is 0 Å². The van der Waals surface area contributed by atoms with Gasteiger partial charge in [0, 0.05) is 17.4 Å². The Balaban J connectivity index is 1.94. The minimum Gasteiger partial charge on any atom is -0.350 e. The molecule has 3 aliphatic rings. The molecule has 1 saturated heterocycles. The Morgan fingerprint density at radius 2 is 1.88 bits per heavy atom. The Morgan fingerprint density at radius 1 is 1.19 bits per heavy atom. The highest BCUT2D eigenvalue weighted by Gasteiger charge is 2.65. The maximum atomic E-state index is 11.9. The largest absolute Gasteiger partial charge is 0.350 e. The van der Waals surface area contributed by atoms with Gasteiger partial charge in [-0.15, -0.1) is 0 Å².